The highest BCUT2D eigenvalue weighted by Gasteiger charge is 2.23. The fourth-order valence-corrected chi connectivity index (χ4v) is 5.07. The van der Waals surface area contributed by atoms with Crippen LogP contribution in [0.3, 0.4) is 0 Å². The fourth-order valence-electron chi connectivity index (χ4n) is 5.07. The number of pyridine rings is 1. The number of hydrogen-bond donors (Lipinski definition) is 1. The minimum Gasteiger partial charge on any atom is -0.488 e. The summed E-state index contributed by atoms with van der Waals surface area (Å²) in [6, 6.07) is 19.8. The van der Waals surface area contributed by atoms with Crippen LogP contribution < -0.4 is 10.1 Å². The molecule has 0 radical (unpaired) electrons. The zero-order chi connectivity index (χ0) is 31.3. The summed E-state index contributed by atoms with van der Waals surface area (Å²) in [6.45, 7) is 14.3. The summed E-state index contributed by atoms with van der Waals surface area (Å²) < 4.78 is 17.1. The minimum absolute atomic E-state index is 0.159. The third-order valence-corrected chi connectivity index (χ3v) is 7.07. The number of esters is 1. The van der Waals surface area contributed by atoms with Gasteiger partial charge in [-0.3, -0.25) is 4.98 Å². The number of nitrogens with zero attached hydrogens (tertiary/aromatic N) is 1. The quantitative estimate of drug-likeness (QED) is 0.201. The van der Waals surface area contributed by atoms with E-state index in [9.17, 15) is 9.59 Å². The van der Waals surface area contributed by atoms with Crippen molar-refractivity contribution in [2.45, 2.75) is 73.6 Å². The molecule has 0 saturated carbocycles. The Kier molecular flexibility index (Phi) is 9.74. The predicted molar refractivity (Wildman–Crippen MR) is 170 cm³/mol. The number of aryl methyl sites for hydroxylation is 2. The normalized spacial score (nSPS) is 11.5. The van der Waals surface area contributed by atoms with Crippen LogP contribution in [0.5, 0.6) is 5.75 Å². The van der Waals surface area contributed by atoms with E-state index in [1.54, 1.807) is 6.07 Å². The first-order chi connectivity index (χ1) is 20.4. The molecule has 1 heterocycles. The summed E-state index contributed by atoms with van der Waals surface area (Å²) in [5.41, 5.74) is 6.37. The van der Waals surface area contributed by atoms with E-state index < -0.39 is 17.7 Å². The minimum atomic E-state index is -0.619. The summed E-state index contributed by atoms with van der Waals surface area (Å²) in [5, 5.41) is 4.83. The van der Waals surface area contributed by atoms with E-state index in [0.717, 1.165) is 56.4 Å². The van der Waals surface area contributed by atoms with Gasteiger partial charge in [-0.05, 0) is 81.0 Å². The molecule has 0 saturated heterocycles. The molecule has 1 N–H and O–H groups in total. The molecule has 0 aliphatic heterocycles. The Bertz CT molecular complexity index is 1620. The van der Waals surface area contributed by atoms with Crippen molar-refractivity contribution in [3.63, 3.8) is 0 Å². The monoisotopic (exact) mass is 582 g/mol. The number of carbonyl (C=O) groups is 2. The lowest BCUT2D eigenvalue weighted by Crippen LogP contribution is -2.32. The van der Waals surface area contributed by atoms with E-state index in [0.29, 0.717) is 17.2 Å². The Morgan fingerprint density at radius 2 is 1.58 bits per heavy atom. The van der Waals surface area contributed by atoms with Crippen LogP contribution in [0, 0.1) is 19.8 Å². The summed E-state index contributed by atoms with van der Waals surface area (Å²) in [7, 11) is 1.36. The van der Waals surface area contributed by atoms with Crippen molar-refractivity contribution in [2.75, 3.05) is 7.11 Å². The molecular weight excluding hydrogens is 540 g/mol. The molecule has 0 atom stereocenters. The first-order valence-corrected chi connectivity index (χ1v) is 14.6. The second-order valence-electron chi connectivity index (χ2n) is 12.3. The summed E-state index contributed by atoms with van der Waals surface area (Å²) in [6.07, 6.45) is 0.249. The van der Waals surface area contributed by atoms with E-state index in [-0.39, 0.29) is 13.2 Å². The van der Waals surface area contributed by atoms with Gasteiger partial charge in [0.1, 0.15) is 23.5 Å². The smallest absolute Gasteiger partial charge is 0.407 e. The Morgan fingerprint density at radius 1 is 0.930 bits per heavy atom. The van der Waals surface area contributed by atoms with Gasteiger partial charge < -0.3 is 19.5 Å². The summed E-state index contributed by atoms with van der Waals surface area (Å²) >= 11 is 0. The molecule has 7 nitrogen and oxygen atoms in total. The van der Waals surface area contributed by atoms with Crippen molar-refractivity contribution in [3.8, 4) is 16.9 Å². The van der Waals surface area contributed by atoms with Crippen LogP contribution in [0.4, 0.5) is 4.79 Å². The third kappa shape index (κ3) is 7.92. The van der Waals surface area contributed by atoms with E-state index >= 15 is 0 Å². The summed E-state index contributed by atoms with van der Waals surface area (Å²) in [5.74, 6) is 0.309. The maximum Gasteiger partial charge on any atom is 0.407 e. The van der Waals surface area contributed by atoms with E-state index in [4.69, 9.17) is 19.2 Å². The number of amides is 1. The van der Waals surface area contributed by atoms with Crippen molar-refractivity contribution in [1.82, 2.24) is 10.3 Å². The molecule has 7 heteroatoms. The van der Waals surface area contributed by atoms with Crippen LogP contribution in [0.15, 0.2) is 60.7 Å². The Hall–Kier alpha value is -4.39. The lowest BCUT2D eigenvalue weighted by Gasteiger charge is -2.24. The van der Waals surface area contributed by atoms with Gasteiger partial charge in [0.05, 0.1) is 7.11 Å². The second kappa shape index (κ2) is 13.3. The SMILES string of the molecule is COC(=O)c1cc2ccccc2cc1OCc1c(C)nc(CC(C)C)c(CNC(=O)OC(C)(C)C)c1-c1ccc(C)cc1. The number of nitrogens with one attached hydrogen (secondary N) is 1. The van der Waals surface area contributed by atoms with Crippen LogP contribution in [0.1, 0.15) is 73.1 Å². The van der Waals surface area contributed by atoms with Gasteiger partial charge in [0, 0.05) is 29.1 Å². The molecule has 1 aromatic heterocycles. The zero-order valence-electron chi connectivity index (χ0n) is 26.5. The molecule has 1 amide bonds. The van der Waals surface area contributed by atoms with Crippen LogP contribution in [-0.4, -0.2) is 29.8 Å². The second-order valence-corrected chi connectivity index (χ2v) is 12.3. The largest absolute Gasteiger partial charge is 0.488 e. The average Bonchev–Trinajstić information content (AvgIpc) is 2.94. The van der Waals surface area contributed by atoms with Crippen LogP contribution in [0.2, 0.25) is 0 Å². The van der Waals surface area contributed by atoms with Crippen LogP contribution >= 0.6 is 0 Å². The number of methoxy groups -OCH3 is 1. The van der Waals surface area contributed by atoms with Gasteiger partial charge in [-0.15, -0.1) is 0 Å². The van der Waals surface area contributed by atoms with Crippen molar-refractivity contribution < 1.29 is 23.8 Å². The van der Waals surface area contributed by atoms with E-state index in [1.807, 2.05) is 58.0 Å². The maximum absolute atomic E-state index is 12.8. The molecule has 0 bridgehead atoms. The number of alkyl carbamates (subject to hydrolysis) is 1. The van der Waals surface area contributed by atoms with E-state index in [1.165, 1.54) is 7.11 Å². The predicted octanol–water partition coefficient (Wildman–Crippen LogP) is 8.11. The first kappa shape index (κ1) is 31.5. The molecule has 0 unspecified atom stereocenters. The zero-order valence-corrected chi connectivity index (χ0v) is 26.5. The number of benzene rings is 3. The molecule has 0 aliphatic rings. The first-order valence-electron chi connectivity index (χ1n) is 14.6. The highest BCUT2D eigenvalue weighted by molar-refractivity contribution is 5.98. The molecule has 0 aliphatic carbocycles. The number of fused-ring (bicyclic) bond motifs is 1. The summed E-state index contributed by atoms with van der Waals surface area (Å²) in [4.78, 5) is 30.5. The third-order valence-electron chi connectivity index (χ3n) is 7.07. The van der Waals surface area contributed by atoms with Gasteiger partial charge in [-0.25, -0.2) is 9.59 Å². The van der Waals surface area contributed by atoms with Gasteiger partial charge in [-0.1, -0.05) is 67.9 Å². The van der Waals surface area contributed by atoms with Gasteiger partial charge >= 0.3 is 12.1 Å². The Labute approximate surface area is 254 Å². The van der Waals surface area contributed by atoms with Crippen LogP contribution in [-0.2, 0) is 29.0 Å². The molecule has 4 rings (SSSR count). The van der Waals surface area contributed by atoms with Crippen molar-refractivity contribution in [1.29, 1.82) is 0 Å². The highest BCUT2D eigenvalue weighted by atomic mass is 16.6. The van der Waals surface area contributed by atoms with Gasteiger partial charge in [0.15, 0.2) is 0 Å². The number of carbonyl (C=O) groups excluding carboxylic acids is 2. The number of aromatic nitrogens is 1. The van der Waals surface area contributed by atoms with Crippen LogP contribution in [0.25, 0.3) is 21.9 Å². The van der Waals surface area contributed by atoms with Crippen molar-refractivity contribution in [2.24, 2.45) is 5.92 Å². The number of ether oxygens (including phenoxy) is 3. The molecule has 226 valence electrons. The molecule has 3 aromatic carbocycles. The molecule has 43 heavy (non-hydrogen) atoms. The number of hydrogen-bond acceptors (Lipinski definition) is 6. The lowest BCUT2D eigenvalue weighted by molar-refractivity contribution is 0.0522. The van der Waals surface area contributed by atoms with Gasteiger partial charge in [0.2, 0.25) is 0 Å². The maximum atomic E-state index is 12.8. The Morgan fingerprint density at radius 3 is 2.19 bits per heavy atom. The topological polar surface area (TPSA) is 86.8 Å². The van der Waals surface area contributed by atoms with Gasteiger partial charge in [0.25, 0.3) is 0 Å². The number of rotatable bonds is 9. The fraction of sp³-hybridized carbons (Fsp3) is 0.361. The van der Waals surface area contributed by atoms with Crippen molar-refractivity contribution in [3.05, 3.63) is 94.3 Å². The Balaban J connectivity index is 1.84. The van der Waals surface area contributed by atoms with Gasteiger partial charge in [-0.2, -0.15) is 0 Å². The lowest BCUT2D eigenvalue weighted by atomic mass is 9.90. The van der Waals surface area contributed by atoms with Crippen molar-refractivity contribution >= 4 is 22.8 Å². The molecule has 0 fully saturated rings. The molecule has 0 spiro atoms. The molecular formula is C36H42N2O5. The molecule has 4 aromatic rings. The highest BCUT2D eigenvalue weighted by Crippen LogP contribution is 2.35. The standard InChI is InChI=1S/C36H42N2O5/c1-22(2)17-31-29(20-37-35(40)43-36(5,6)7)33(25-15-13-23(3)14-16-25)30(24(4)38-31)21-42-32-19-27-12-10-9-11-26(27)18-28(32)34(39)41-8/h9-16,18-19,22H,17,20-21H2,1-8H3,(H,37,40). The van der Waals surface area contributed by atoms with E-state index in [2.05, 4.69) is 50.4 Å². The average molecular weight is 583 g/mol.